The van der Waals surface area contributed by atoms with Gasteiger partial charge in [0.25, 0.3) is 0 Å². The summed E-state index contributed by atoms with van der Waals surface area (Å²) in [4.78, 5) is 4.38. The van der Waals surface area contributed by atoms with E-state index in [1.54, 1.807) is 0 Å². The van der Waals surface area contributed by atoms with Gasteiger partial charge < -0.3 is 4.74 Å². The average molecular weight is 284 g/mol. The standard InChI is InChI=1S/C17H14ClNO/c1-12-16(20-11-13-7-3-2-4-8-13)14-9-5-6-10-15(14)19-17(12)18/h2-10H,11H2,1H3. The van der Waals surface area contributed by atoms with Gasteiger partial charge in [-0.2, -0.15) is 0 Å². The largest absolute Gasteiger partial charge is 0.488 e. The van der Waals surface area contributed by atoms with Gasteiger partial charge in [0.05, 0.1) is 5.52 Å². The Balaban J connectivity index is 2.00. The Morgan fingerprint density at radius 1 is 1.00 bits per heavy atom. The third kappa shape index (κ3) is 2.47. The van der Waals surface area contributed by atoms with Crippen molar-refractivity contribution in [3.63, 3.8) is 0 Å². The highest BCUT2D eigenvalue weighted by Gasteiger charge is 2.11. The van der Waals surface area contributed by atoms with Crippen molar-refractivity contribution in [1.29, 1.82) is 0 Å². The quantitative estimate of drug-likeness (QED) is 0.646. The zero-order valence-electron chi connectivity index (χ0n) is 11.1. The van der Waals surface area contributed by atoms with Crippen LogP contribution in [0.5, 0.6) is 5.75 Å². The molecule has 100 valence electrons. The molecule has 0 aliphatic carbocycles. The molecule has 0 unspecified atom stereocenters. The Morgan fingerprint density at radius 2 is 1.70 bits per heavy atom. The van der Waals surface area contributed by atoms with Crippen molar-refractivity contribution in [2.75, 3.05) is 0 Å². The topological polar surface area (TPSA) is 22.1 Å². The molecule has 0 spiro atoms. The van der Waals surface area contributed by atoms with Crippen LogP contribution in [0.15, 0.2) is 54.6 Å². The summed E-state index contributed by atoms with van der Waals surface area (Å²) < 4.78 is 5.99. The number of benzene rings is 2. The van der Waals surface area contributed by atoms with Crippen molar-refractivity contribution in [2.45, 2.75) is 13.5 Å². The van der Waals surface area contributed by atoms with E-state index in [9.17, 15) is 0 Å². The van der Waals surface area contributed by atoms with Gasteiger partial charge in [0, 0.05) is 10.9 Å². The molecule has 0 radical (unpaired) electrons. The maximum absolute atomic E-state index is 6.18. The minimum atomic E-state index is 0.492. The van der Waals surface area contributed by atoms with Crippen molar-refractivity contribution in [1.82, 2.24) is 4.98 Å². The van der Waals surface area contributed by atoms with Crippen LogP contribution in [0.4, 0.5) is 0 Å². The number of pyridine rings is 1. The van der Waals surface area contributed by atoms with E-state index in [2.05, 4.69) is 4.98 Å². The van der Waals surface area contributed by atoms with Crippen LogP contribution in [0.25, 0.3) is 10.9 Å². The van der Waals surface area contributed by atoms with Gasteiger partial charge in [-0.3, -0.25) is 0 Å². The maximum Gasteiger partial charge on any atom is 0.136 e. The van der Waals surface area contributed by atoms with Gasteiger partial charge in [-0.15, -0.1) is 0 Å². The van der Waals surface area contributed by atoms with Crippen molar-refractivity contribution in [2.24, 2.45) is 0 Å². The van der Waals surface area contributed by atoms with Crippen LogP contribution in [-0.2, 0) is 6.61 Å². The molecule has 0 bridgehead atoms. The summed E-state index contributed by atoms with van der Waals surface area (Å²) in [5, 5.41) is 1.48. The molecule has 1 aromatic heterocycles. The lowest BCUT2D eigenvalue weighted by molar-refractivity contribution is 0.308. The Labute approximate surface area is 123 Å². The summed E-state index contributed by atoms with van der Waals surface area (Å²) in [6.45, 7) is 2.45. The smallest absolute Gasteiger partial charge is 0.136 e. The molecule has 0 atom stereocenters. The van der Waals surface area contributed by atoms with Gasteiger partial charge in [0.15, 0.2) is 0 Å². The molecule has 1 heterocycles. The number of para-hydroxylation sites is 1. The lowest BCUT2D eigenvalue weighted by Crippen LogP contribution is -1.99. The highest BCUT2D eigenvalue weighted by atomic mass is 35.5. The first-order chi connectivity index (χ1) is 9.75. The third-order valence-corrected chi connectivity index (χ3v) is 3.61. The average Bonchev–Trinajstić information content (AvgIpc) is 2.49. The number of rotatable bonds is 3. The van der Waals surface area contributed by atoms with E-state index in [0.29, 0.717) is 11.8 Å². The normalized spacial score (nSPS) is 10.7. The van der Waals surface area contributed by atoms with Crippen LogP contribution in [0.2, 0.25) is 5.15 Å². The molecule has 2 aromatic carbocycles. The molecule has 20 heavy (non-hydrogen) atoms. The molecule has 2 nitrogen and oxygen atoms in total. The predicted molar refractivity (Wildman–Crippen MR) is 82.3 cm³/mol. The second kappa shape index (κ2) is 5.51. The molecule has 0 amide bonds. The minimum absolute atomic E-state index is 0.492. The second-order valence-corrected chi connectivity index (χ2v) is 5.01. The maximum atomic E-state index is 6.18. The molecule has 0 N–H and O–H groups in total. The summed E-state index contributed by atoms with van der Waals surface area (Å²) in [5.74, 6) is 0.810. The Bertz CT molecular complexity index is 741. The van der Waals surface area contributed by atoms with E-state index in [1.165, 1.54) is 0 Å². The molecular formula is C17H14ClNO. The van der Waals surface area contributed by atoms with Crippen LogP contribution in [-0.4, -0.2) is 4.98 Å². The van der Waals surface area contributed by atoms with E-state index in [0.717, 1.165) is 27.8 Å². The zero-order chi connectivity index (χ0) is 13.9. The highest BCUT2D eigenvalue weighted by Crippen LogP contribution is 2.32. The summed E-state index contributed by atoms with van der Waals surface area (Å²) in [6.07, 6.45) is 0. The van der Waals surface area contributed by atoms with E-state index in [4.69, 9.17) is 16.3 Å². The molecule has 3 heteroatoms. The number of halogens is 1. The van der Waals surface area contributed by atoms with Crippen LogP contribution < -0.4 is 4.74 Å². The summed E-state index contributed by atoms with van der Waals surface area (Å²) in [7, 11) is 0. The van der Waals surface area contributed by atoms with Gasteiger partial charge in [-0.05, 0) is 24.6 Å². The summed E-state index contributed by atoms with van der Waals surface area (Å²) >= 11 is 6.18. The van der Waals surface area contributed by atoms with Crippen molar-refractivity contribution >= 4 is 22.5 Å². The Hall–Kier alpha value is -2.06. The first-order valence-electron chi connectivity index (χ1n) is 6.47. The van der Waals surface area contributed by atoms with E-state index in [-0.39, 0.29) is 0 Å². The van der Waals surface area contributed by atoms with E-state index in [1.807, 2.05) is 61.5 Å². The van der Waals surface area contributed by atoms with Crippen molar-refractivity contribution < 1.29 is 4.74 Å². The van der Waals surface area contributed by atoms with Gasteiger partial charge in [0.2, 0.25) is 0 Å². The SMILES string of the molecule is Cc1c(Cl)nc2ccccc2c1OCc1ccccc1. The van der Waals surface area contributed by atoms with E-state index >= 15 is 0 Å². The lowest BCUT2D eigenvalue weighted by Gasteiger charge is -2.13. The summed E-state index contributed by atoms with van der Waals surface area (Å²) in [5.41, 5.74) is 2.86. The van der Waals surface area contributed by atoms with Crippen LogP contribution in [0.1, 0.15) is 11.1 Å². The number of hydrogen-bond acceptors (Lipinski definition) is 2. The van der Waals surface area contributed by atoms with Crippen molar-refractivity contribution in [3.8, 4) is 5.75 Å². The lowest BCUT2D eigenvalue weighted by atomic mass is 10.1. The first kappa shape index (κ1) is 12.9. The van der Waals surface area contributed by atoms with Crippen LogP contribution in [0, 0.1) is 6.92 Å². The number of hydrogen-bond donors (Lipinski definition) is 0. The van der Waals surface area contributed by atoms with Gasteiger partial charge in [-0.25, -0.2) is 4.98 Å². The van der Waals surface area contributed by atoms with E-state index < -0.39 is 0 Å². The molecule has 3 rings (SSSR count). The molecule has 3 aromatic rings. The molecule has 0 saturated carbocycles. The number of ether oxygens (including phenoxy) is 1. The molecule has 0 aliphatic rings. The highest BCUT2D eigenvalue weighted by molar-refractivity contribution is 6.31. The van der Waals surface area contributed by atoms with Crippen molar-refractivity contribution in [3.05, 3.63) is 70.9 Å². The predicted octanol–water partition coefficient (Wildman–Crippen LogP) is 4.78. The third-order valence-electron chi connectivity index (χ3n) is 3.24. The fraction of sp³-hybridized carbons (Fsp3) is 0.118. The number of aromatic nitrogens is 1. The molecule has 0 fully saturated rings. The molecule has 0 aliphatic heterocycles. The molecule has 0 saturated heterocycles. The van der Waals surface area contributed by atoms with Gasteiger partial charge in [-0.1, -0.05) is 54.1 Å². The minimum Gasteiger partial charge on any atom is -0.488 e. The van der Waals surface area contributed by atoms with Crippen LogP contribution >= 0.6 is 11.6 Å². The monoisotopic (exact) mass is 283 g/mol. The second-order valence-electron chi connectivity index (χ2n) is 4.65. The molecular weight excluding hydrogens is 270 g/mol. The van der Waals surface area contributed by atoms with Crippen LogP contribution in [0.3, 0.4) is 0 Å². The fourth-order valence-electron chi connectivity index (χ4n) is 2.16. The Kier molecular flexibility index (Phi) is 3.57. The van der Waals surface area contributed by atoms with Gasteiger partial charge in [0.1, 0.15) is 17.5 Å². The summed E-state index contributed by atoms with van der Waals surface area (Å²) in [6, 6.07) is 18.0. The Morgan fingerprint density at radius 3 is 2.50 bits per heavy atom. The van der Waals surface area contributed by atoms with Gasteiger partial charge >= 0.3 is 0 Å². The fourth-order valence-corrected chi connectivity index (χ4v) is 2.34. The number of nitrogens with zero attached hydrogens (tertiary/aromatic N) is 1. The first-order valence-corrected chi connectivity index (χ1v) is 6.85. The zero-order valence-corrected chi connectivity index (χ0v) is 11.9. The number of fused-ring (bicyclic) bond motifs is 1.